The van der Waals surface area contributed by atoms with Crippen LogP contribution in [0.1, 0.15) is 24.7 Å². The molecule has 2 aromatic heterocycles. The number of rotatable bonds is 5. The summed E-state index contributed by atoms with van der Waals surface area (Å²) in [5, 5.41) is 5.87. The van der Waals surface area contributed by atoms with E-state index in [0.717, 1.165) is 18.4 Å². The average Bonchev–Trinajstić information content (AvgIpc) is 3.41. The average molecular weight is 422 g/mol. The first-order valence-corrected chi connectivity index (χ1v) is 12.1. The van der Waals surface area contributed by atoms with E-state index in [1.54, 1.807) is 29.3 Å². The molecule has 0 aliphatic carbocycles. The largest absolute Gasteiger partial charge is 0.339 e. The molecule has 1 saturated heterocycles. The molecule has 0 amide bonds. The molecule has 0 unspecified atom stereocenters. The van der Waals surface area contributed by atoms with Gasteiger partial charge in [0.1, 0.15) is 4.21 Å². The van der Waals surface area contributed by atoms with Crippen LogP contribution in [0.15, 0.2) is 55.4 Å². The summed E-state index contributed by atoms with van der Waals surface area (Å²) in [6.45, 7) is 0.890. The van der Waals surface area contributed by atoms with E-state index in [9.17, 15) is 8.42 Å². The van der Waals surface area contributed by atoms with Crippen LogP contribution in [-0.2, 0) is 10.0 Å². The Hall–Kier alpha value is -1.68. The minimum Gasteiger partial charge on any atom is -0.339 e. The third-order valence-electron chi connectivity index (χ3n) is 4.61. The molecule has 142 valence electrons. The Morgan fingerprint density at radius 3 is 2.78 bits per heavy atom. The van der Waals surface area contributed by atoms with Crippen LogP contribution < -0.4 is 0 Å². The summed E-state index contributed by atoms with van der Waals surface area (Å²) < 4.78 is 33.0. The van der Waals surface area contributed by atoms with Crippen LogP contribution >= 0.6 is 23.1 Å². The molecule has 1 aliphatic rings. The number of hydrogen-bond acceptors (Lipinski definition) is 7. The lowest BCUT2D eigenvalue weighted by molar-refractivity contribution is 0.266. The summed E-state index contributed by atoms with van der Waals surface area (Å²) in [7, 11) is -3.45. The Kier molecular flexibility index (Phi) is 5.36. The van der Waals surface area contributed by atoms with Gasteiger partial charge >= 0.3 is 0 Å². The van der Waals surface area contributed by atoms with Crippen molar-refractivity contribution < 1.29 is 12.9 Å². The summed E-state index contributed by atoms with van der Waals surface area (Å²) in [5.74, 6) is 0.959. The molecule has 0 saturated carbocycles. The molecule has 9 heteroatoms. The van der Waals surface area contributed by atoms with E-state index >= 15 is 0 Å². The van der Waals surface area contributed by atoms with E-state index in [4.69, 9.17) is 4.52 Å². The first kappa shape index (κ1) is 18.7. The van der Waals surface area contributed by atoms with Crippen molar-refractivity contribution in [2.24, 2.45) is 0 Å². The highest BCUT2D eigenvalue weighted by molar-refractivity contribution is 7.98. The van der Waals surface area contributed by atoms with Gasteiger partial charge in [0, 0.05) is 23.5 Å². The van der Waals surface area contributed by atoms with E-state index < -0.39 is 10.0 Å². The Balaban J connectivity index is 1.53. The van der Waals surface area contributed by atoms with Crippen molar-refractivity contribution in [1.29, 1.82) is 0 Å². The molecule has 1 aromatic carbocycles. The van der Waals surface area contributed by atoms with Crippen LogP contribution in [0.25, 0.3) is 11.4 Å². The van der Waals surface area contributed by atoms with Crippen LogP contribution in [0.5, 0.6) is 0 Å². The maximum atomic E-state index is 12.8. The fourth-order valence-electron chi connectivity index (χ4n) is 3.16. The molecule has 3 aromatic rings. The Labute approximate surface area is 166 Å². The quantitative estimate of drug-likeness (QED) is 0.578. The van der Waals surface area contributed by atoms with Gasteiger partial charge in [0.25, 0.3) is 10.0 Å². The molecule has 1 fully saturated rings. The summed E-state index contributed by atoms with van der Waals surface area (Å²) in [6.07, 6.45) is 3.64. The van der Waals surface area contributed by atoms with Gasteiger partial charge in [-0.2, -0.15) is 9.29 Å². The van der Waals surface area contributed by atoms with Crippen molar-refractivity contribution in [3.63, 3.8) is 0 Å². The van der Waals surface area contributed by atoms with Gasteiger partial charge in [0.15, 0.2) is 0 Å². The van der Waals surface area contributed by atoms with Gasteiger partial charge in [-0.3, -0.25) is 0 Å². The zero-order chi connectivity index (χ0) is 18.9. The van der Waals surface area contributed by atoms with Crippen molar-refractivity contribution in [2.75, 3.05) is 19.3 Å². The van der Waals surface area contributed by atoms with Gasteiger partial charge in [-0.1, -0.05) is 11.2 Å². The minimum absolute atomic E-state index is 0.0831. The number of aromatic nitrogens is 2. The van der Waals surface area contributed by atoms with E-state index in [0.29, 0.717) is 29.0 Å². The molecule has 3 heterocycles. The second kappa shape index (κ2) is 7.75. The summed E-state index contributed by atoms with van der Waals surface area (Å²) in [6, 6.07) is 11.4. The number of benzene rings is 1. The van der Waals surface area contributed by atoms with Crippen molar-refractivity contribution in [1.82, 2.24) is 14.4 Å². The number of hydrogen-bond donors (Lipinski definition) is 0. The molecule has 0 radical (unpaired) electrons. The molecular weight excluding hydrogens is 402 g/mol. The second-order valence-electron chi connectivity index (χ2n) is 6.32. The van der Waals surface area contributed by atoms with E-state index in [1.165, 1.54) is 20.5 Å². The molecule has 0 bridgehead atoms. The molecular formula is C18H19N3O3S3. The summed E-state index contributed by atoms with van der Waals surface area (Å²) in [4.78, 5) is 5.71. The normalized spacial score (nSPS) is 18.6. The van der Waals surface area contributed by atoms with E-state index in [-0.39, 0.29) is 5.92 Å². The first-order valence-electron chi connectivity index (χ1n) is 8.59. The Bertz CT molecular complexity index is 998. The maximum absolute atomic E-state index is 12.8. The molecule has 0 N–H and O–H groups in total. The molecule has 1 atom stereocenters. The fourth-order valence-corrected chi connectivity index (χ4v) is 6.23. The molecule has 0 spiro atoms. The van der Waals surface area contributed by atoms with Gasteiger partial charge in [0.2, 0.25) is 11.7 Å². The molecule has 6 nitrogen and oxygen atoms in total. The summed E-state index contributed by atoms with van der Waals surface area (Å²) in [5.41, 5.74) is 0.890. The monoisotopic (exact) mass is 421 g/mol. The standard InChI is InChI=1S/C18H19N3O3S3/c1-25-15-8-6-13(7-9-15)17-19-18(24-20-17)14-4-2-10-21(12-14)27(22,23)16-5-3-11-26-16/h3,5-9,11,14H,2,4,10,12H2,1H3/t14-/m0/s1. The number of thioether (sulfide) groups is 1. The maximum Gasteiger partial charge on any atom is 0.252 e. The van der Waals surface area contributed by atoms with Crippen molar-refractivity contribution in [3.05, 3.63) is 47.7 Å². The first-order chi connectivity index (χ1) is 13.1. The lowest BCUT2D eigenvalue weighted by Crippen LogP contribution is -2.38. The molecule has 1 aliphatic heterocycles. The van der Waals surface area contributed by atoms with Crippen molar-refractivity contribution in [2.45, 2.75) is 27.9 Å². The fraction of sp³-hybridized carbons (Fsp3) is 0.333. The van der Waals surface area contributed by atoms with Gasteiger partial charge in [0.05, 0.1) is 5.92 Å². The second-order valence-corrected chi connectivity index (χ2v) is 10.3. The van der Waals surface area contributed by atoms with Gasteiger partial charge in [-0.25, -0.2) is 8.42 Å². The minimum atomic E-state index is -3.45. The summed E-state index contributed by atoms with van der Waals surface area (Å²) >= 11 is 2.92. The van der Waals surface area contributed by atoms with Crippen LogP contribution in [0, 0.1) is 0 Å². The predicted molar refractivity (Wildman–Crippen MR) is 107 cm³/mol. The smallest absolute Gasteiger partial charge is 0.252 e. The van der Waals surface area contributed by atoms with E-state index in [1.807, 2.05) is 30.5 Å². The number of thiophene rings is 1. The Morgan fingerprint density at radius 2 is 2.07 bits per heavy atom. The van der Waals surface area contributed by atoms with Crippen molar-refractivity contribution in [3.8, 4) is 11.4 Å². The lowest BCUT2D eigenvalue weighted by Gasteiger charge is -2.29. The Morgan fingerprint density at radius 1 is 1.26 bits per heavy atom. The molecule has 27 heavy (non-hydrogen) atoms. The highest BCUT2D eigenvalue weighted by atomic mass is 32.2. The number of piperidine rings is 1. The lowest BCUT2D eigenvalue weighted by atomic mass is 10.00. The highest BCUT2D eigenvalue weighted by Crippen LogP contribution is 2.32. The number of sulfonamides is 1. The van der Waals surface area contributed by atoms with Gasteiger partial charge in [-0.05, 0) is 54.8 Å². The SMILES string of the molecule is CSc1ccc(-c2noc([C@H]3CCCN(S(=O)(=O)c4cccs4)C3)n2)cc1. The third-order valence-corrected chi connectivity index (χ3v) is 8.59. The van der Waals surface area contributed by atoms with Crippen LogP contribution in [0.4, 0.5) is 0 Å². The van der Waals surface area contributed by atoms with Crippen LogP contribution in [-0.4, -0.2) is 42.2 Å². The van der Waals surface area contributed by atoms with E-state index in [2.05, 4.69) is 10.1 Å². The van der Waals surface area contributed by atoms with Crippen LogP contribution in [0.3, 0.4) is 0 Å². The predicted octanol–water partition coefficient (Wildman–Crippen LogP) is 4.09. The highest BCUT2D eigenvalue weighted by Gasteiger charge is 2.33. The number of nitrogens with zero attached hydrogens (tertiary/aromatic N) is 3. The zero-order valence-corrected chi connectivity index (χ0v) is 17.2. The zero-order valence-electron chi connectivity index (χ0n) is 14.7. The van der Waals surface area contributed by atoms with Gasteiger partial charge in [-0.15, -0.1) is 23.1 Å². The van der Waals surface area contributed by atoms with Crippen LogP contribution in [0.2, 0.25) is 0 Å². The topological polar surface area (TPSA) is 76.3 Å². The van der Waals surface area contributed by atoms with Crippen molar-refractivity contribution >= 4 is 33.1 Å². The third kappa shape index (κ3) is 3.82. The van der Waals surface area contributed by atoms with Gasteiger partial charge < -0.3 is 4.52 Å². The molecule has 4 rings (SSSR count).